The molecule has 2 aromatic heterocycles. The van der Waals surface area contributed by atoms with Crippen LogP contribution < -0.4 is 5.32 Å². The zero-order chi connectivity index (χ0) is 13.1. The van der Waals surface area contributed by atoms with Crippen molar-refractivity contribution in [3.63, 3.8) is 0 Å². The van der Waals surface area contributed by atoms with Crippen molar-refractivity contribution in [2.24, 2.45) is 0 Å². The van der Waals surface area contributed by atoms with Crippen LogP contribution in [0.5, 0.6) is 0 Å². The Kier molecular flexibility index (Phi) is 3.18. The summed E-state index contributed by atoms with van der Waals surface area (Å²) in [6.45, 7) is 2.63. The molecule has 0 aliphatic rings. The number of rotatable bonds is 5. The Morgan fingerprint density at radius 1 is 1.26 bits per heavy atom. The average Bonchev–Trinajstić information content (AvgIpc) is 3.02. The van der Waals surface area contributed by atoms with Crippen LogP contribution >= 0.6 is 0 Å². The number of anilines is 1. The maximum Gasteiger partial charge on any atom is 0.296 e. The van der Waals surface area contributed by atoms with Crippen molar-refractivity contribution in [1.82, 2.24) is 10.1 Å². The van der Waals surface area contributed by atoms with Gasteiger partial charge in [-0.2, -0.15) is 4.98 Å². The highest BCUT2D eigenvalue weighted by Crippen LogP contribution is 2.18. The highest BCUT2D eigenvalue weighted by Gasteiger charge is 2.07. The predicted molar refractivity (Wildman–Crippen MR) is 71.8 cm³/mol. The molecule has 98 valence electrons. The van der Waals surface area contributed by atoms with E-state index in [1.54, 1.807) is 0 Å². The first-order valence-corrected chi connectivity index (χ1v) is 6.39. The van der Waals surface area contributed by atoms with Gasteiger partial charge in [-0.15, -0.1) is 0 Å². The minimum Gasteiger partial charge on any atom is -0.424 e. The van der Waals surface area contributed by atoms with Gasteiger partial charge in [-0.05, 0) is 18.6 Å². The van der Waals surface area contributed by atoms with Gasteiger partial charge < -0.3 is 14.3 Å². The molecule has 0 aliphatic heterocycles. The van der Waals surface area contributed by atoms with Crippen molar-refractivity contribution < 1.29 is 8.94 Å². The number of aryl methyl sites for hydroxylation is 1. The van der Waals surface area contributed by atoms with Gasteiger partial charge >= 0.3 is 0 Å². The highest BCUT2D eigenvalue weighted by atomic mass is 16.5. The zero-order valence-electron chi connectivity index (χ0n) is 10.7. The van der Waals surface area contributed by atoms with Gasteiger partial charge in [0, 0.05) is 6.07 Å². The first-order valence-electron chi connectivity index (χ1n) is 6.39. The van der Waals surface area contributed by atoms with Gasteiger partial charge in [0.1, 0.15) is 5.52 Å². The Morgan fingerprint density at radius 2 is 2.16 bits per heavy atom. The molecular formula is C14H15N3O2. The number of hydrogen-bond donors (Lipinski definition) is 1. The number of nitrogens with zero attached hydrogens (tertiary/aromatic N) is 2. The molecule has 0 saturated heterocycles. The fourth-order valence-corrected chi connectivity index (χ4v) is 1.92. The van der Waals surface area contributed by atoms with Crippen LogP contribution in [0.3, 0.4) is 0 Å². The van der Waals surface area contributed by atoms with E-state index in [1.807, 2.05) is 30.3 Å². The number of benzene rings is 1. The molecule has 1 N–H and O–H groups in total. The molecule has 5 heteroatoms. The summed E-state index contributed by atoms with van der Waals surface area (Å²) in [7, 11) is 0. The molecule has 5 nitrogen and oxygen atoms in total. The van der Waals surface area contributed by atoms with Gasteiger partial charge in [0.25, 0.3) is 6.01 Å². The second kappa shape index (κ2) is 5.14. The van der Waals surface area contributed by atoms with Crippen LogP contribution in [0, 0.1) is 0 Å². The van der Waals surface area contributed by atoms with Crippen molar-refractivity contribution in [1.29, 1.82) is 0 Å². The second-order valence-electron chi connectivity index (χ2n) is 4.37. The lowest BCUT2D eigenvalue weighted by molar-refractivity contribution is 0.380. The lowest BCUT2D eigenvalue weighted by Crippen LogP contribution is -1.97. The lowest BCUT2D eigenvalue weighted by atomic mass is 10.2. The molecule has 0 amide bonds. The molecule has 19 heavy (non-hydrogen) atoms. The molecule has 0 bridgehead atoms. The van der Waals surface area contributed by atoms with E-state index in [0.717, 1.165) is 35.4 Å². The molecule has 0 aliphatic carbocycles. The van der Waals surface area contributed by atoms with Gasteiger partial charge in [-0.3, -0.25) is 0 Å². The molecule has 0 radical (unpaired) electrons. The molecule has 0 saturated carbocycles. The largest absolute Gasteiger partial charge is 0.424 e. The van der Waals surface area contributed by atoms with Crippen molar-refractivity contribution in [2.75, 3.05) is 5.32 Å². The third-order valence-electron chi connectivity index (χ3n) is 2.82. The van der Waals surface area contributed by atoms with Gasteiger partial charge in [0.05, 0.1) is 12.2 Å². The minimum atomic E-state index is 0.495. The van der Waals surface area contributed by atoms with E-state index in [0.29, 0.717) is 12.6 Å². The molecule has 1 aromatic carbocycles. The number of para-hydroxylation sites is 2. The average molecular weight is 257 g/mol. The van der Waals surface area contributed by atoms with Crippen LogP contribution in [0.2, 0.25) is 0 Å². The zero-order valence-corrected chi connectivity index (χ0v) is 10.7. The smallest absolute Gasteiger partial charge is 0.296 e. The Labute approximate surface area is 110 Å². The predicted octanol–water partition coefficient (Wildman–Crippen LogP) is 3.38. The SMILES string of the molecule is CCCc1cc(CNc2nc3ccccc3o2)on1. The summed E-state index contributed by atoms with van der Waals surface area (Å²) >= 11 is 0. The van der Waals surface area contributed by atoms with Crippen molar-refractivity contribution in [3.8, 4) is 0 Å². The Morgan fingerprint density at radius 3 is 3.00 bits per heavy atom. The first kappa shape index (κ1) is 11.8. The molecular weight excluding hydrogens is 242 g/mol. The Hall–Kier alpha value is -2.30. The monoisotopic (exact) mass is 257 g/mol. The van der Waals surface area contributed by atoms with E-state index in [1.165, 1.54) is 0 Å². The van der Waals surface area contributed by atoms with Crippen molar-refractivity contribution >= 4 is 17.1 Å². The maximum absolute atomic E-state index is 5.56. The van der Waals surface area contributed by atoms with E-state index in [9.17, 15) is 0 Å². The quantitative estimate of drug-likeness (QED) is 0.759. The van der Waals surface area contributed by atoms with Gasteiger partial charge in [0.2, 0.25) is 0 Å². The number of aromatic nitrogens is 2. The third kappa shape index (κ3) is 2.59. The Balaban J connectivity index is 1.67. The Bertz CT molecular complexity index is 639. The molecule has 0 fully saturated rings. The number of nitrogens with one attached hydrogen (secondary N) is 1. The van der Waals surface area contributed by atoms with E-state index < -0.39 is 0 Å². The third-order valence-corrected chi connectivity index (χ3v) is 2.82. The van der Waals surface area contributed by atoms with Gasteiger partial charge in [-0.25, -0.2) is 0 Å². The summed E-state index contributed by atoms with van der Waals surface area (Å²) < 4.78 is 10.8. The van der Waals surface area contributed by atoms with Crippen LogP contribution in [0.4, 0.5) is 6.01 Å². The van der Waals surface area contributed by atoms with E-state index >= 15 is 0 Å². The number of fused-ring (bicyclic) bond motifs is 1. The summed E-state index contributed by atoms with van der Waals surface area (Å²) in [4.78, 5) is 4.33. The highest BCUT2D eigenvalue weighted by molar-refractivity contribution is 5.74. The fourth-order valence-electron chi connectivity index (χ4n) is 1.92. The van der Waals surface area contributed by atoms with E-state index in [4.69, 9.17) is 8.94 Å². The molecule has 3 rings (SSSR count). The normalized spacial score (nSPS) is 11.0. The summed E-state index contributed by atoms with van der Waals surface area (Å²) in [5, 5.41) is 7.09. The number of hydrogen-bond acceptors (Lipinski definition) is 5. The molecule has 0 unspecified atom stereocenters. The molecule has 2 heterocycles. The number of oxazole rings is 1. The van der Waals surface area contributed by atoms with Crippen LogP contribution in [-0.2, 0) is 13.0 Å². The minimum absolute atomic E-state index is 0.495. The summed E-state index contributed by atoms with van der Waals surface area (Å²) in [5.41, 5.74) is 2.60. The van der Waals surface area contributed by atoms with E-state index in [-0.39, 0.29) is 0 Å². The van der Waals surface area contributed by atoms with Gasteiger partial charge in [0.15, 0.2) is 11.3 Å². The molecule has 0 spiro atoms. The molecule has 3 aromatic rings. The molecule has 0 atom stereocenters. The summed E-state index contributed by atoms with van der Waals surface area (Å²) in [5.74, 6) is 0.783. The van der Waals surface area contributed by atoms with Crippen molar-refractivity contribution in [2.45, 2.75) is 26.3 Å². The standard InChI is InChI=1S/C14H15N3O2/c1-2-5-10-8-11(19-17-10)9-15-14-16-12-6-3-4-7-13(12)18-14/h3-4,6-8H,2,5,9H2,1H3,(H,15,16). The summed E-state index contributed by atoms with van der Waals surface area (Å²) in [6, 6.07) is 10.1. The van der Waals surface area contributed by atoms with Crippen LogP contribution in [0.1, 0.15) is 24.8 Å². The topological polar surface area (TPSA) is 64.1 Å². The van der Waals surface area contributed by atoms with Crippen LogP contribution in [0.25, 0.3) is 11.1 Å². The van der Waals surface area contributed by atoms with Gasteiger partial charge in [-0.1, -0.05) is 30.6 Å². The summed E-state index contributed by atoms with van der Waals surface area (Å²) in [6.07, 6.45) is 2.00. The first-order chi connectivity index (χ1) is 9.35. The van der Waals surface area contributed by atoms with Crippen molar-refractivity contribution in [3.05, 3.63) is 41.8 Å². The van der Waals surface area contributed by atoms with Crippen LogP contribution in [-0.4, -0.2) is 10.1 Å². The van der Waals surface area contributed by atoms with Crippen LogP contribution in [0.15, 0.2) is 39.3 Å². The van der Waals surface area contributed by atoms with E-state index in [2.05, 4.69) is 22.4 Å². The second-order valence-corrected chi connectivity index (χ2v) is 4.37. The fraction of sp³-hybridized carbons (Fsp3) is 0.286. The lowest BCUT2D eigenvalue weighted by Gasteiger charge is -1.95. The maximum atomic E-state index is 5.56.